The minimum Gasteiger partial charge on any atom is -0.478 e. The van der Waals surface area contributed by atoms with E-state index < -0.39 is 21.0 Å². The van der Waals surface area contributed by atoms with Crippen LogP contribution in [0.5, 0.6) is 0 Å². The summed E-state index contributed by atoms with van der Waals surface area (Å²) in [5.41, 5.74) is -0.151. The highest BCUT2D eigenvalue weighted by molar-refractivity contribution is 7.86. The minimum atomic E-state index is -4.40. The van der Waals surface area contributed by atoms with Gasteiger partial charge in [-0.15, -0.1) is 0 Å². The summed E-state index contributed by atoms with van der Waals surface area (Å²) in [6.07, 6.45) is 0. The number of rotatable bonds is 2. The molecule has 7 heteroatoms. The molecule has 1 aromatic carbocycles. The quantitative estimate of drug-likeness (QED) is 0.755. The van der Waals surface area contributed by atoms with Crippen LogP contribution in [0.25, 0.3) is 0 Å². The van der Waals surface area contributed by atoms with Crippen molar-refractivity contribution in [2.24, 2.45) is 0 Å². The summed E-state index contributed by atoms with van der Waals surface area (Å²) in [6, 6.07) is 2.92. The monoisotopic (exact) mass is 236 g/mol. The van der Waals surface area contributed by atoms with Gasteiger partial charge in [0.25, 0.3) is 10.1 Å². The Morgan fingerprint density at radius 3 is 2.29 bits per heavy atom. The number of carbonyl (C=O) groups is 1. The second kappa shape index (κ2) is 3.56. The molecule has 0 unspecified atom stereocenters. The van der Waals surface area contributed by atoms with Gasteiger partial charge in [0.15, 0.2) is 0 Å². The van der Waals surface area contributed by atoms with Crippen LogP contribution in [0.3, 0.4) is 0 Å². The van der Waals surface area contributed by atoms with Gasteiger partial charge >= 0.3 is 5.97 Å². The Bertz CT molecular complexity index is 479. The Morgan fingerprint density at radius 2 is 1.93 bits per heavy atom. The third kappa shape index (κ3) is 2.22. The molecule has 0 aliphatic rings. The van der Waals surface area contributed by atoms with Crippen LogP contribution < -0.4 is 0 Å². The average molecular weight is 237 g/mol. The van der Waals surface area contributed by atoms with E-state index in [4.69, 9.17) is 21.3 Å². The van der Waals surface area contributed by atoms with Gasteiger partial charge in [-0.3, -0.25) is 4.55 Å². The number of carboxylic acid groups (broad SMARTS) is 1. The number of benzene rings is 1. The lowest BCUT2D eigenvalue weighted by Crippen LogP contribution is -2.02. The molecule has 0 heterocycles. The van der Waals surface area contributed by atoms with E-state index >= 15 is 0 Å². The van der Waals surface area contributed by atoms with Gasteiger partial charge in [-0.25, -0.2) is 4.79 Å². The molecular formula is C7H5ClO5S. The molecule has 14 heavy (non-hydrogen) atoms. The summed E-state index contributed by atoms with van der Waals surface area (Å²) in [5, 5.41) is 8.21. The summed E-state index contributed by atoms with van der Waals surface area (Å²) in [4.78, 5) is 9.93. The van der Waals surface area contributed by atoms with E-state index in [1.54, 1.807) is 0 Å². The molecule has 0 radical (unpaired) electrons. The smallest absolute Gasteiger partial charge is 0.335 e. The molecule has 0 atom stereocenters. The predicted molar refractivity (Wildman–Crippen MR) is 48.2 cm³/mol. The number of carboxylic acids is 1. The summed E-state index contributed by atoms with van der Waals surface area (Å²) >= 11 is 5.46. The topological polar surface area (TPSA) is 91.7 Å². The van der Waals surface area contributed by atoms with Crippen molar-refractivity contribution >= 4 is 27.7 Å². The Balaban J connectivity index is 3.35. The first kappa shape index (κ1) is 11.0. The molecule has 0 bridgehead atoms. The van der Waals surface area contributed by atoms with E-state index in [-0.39, 0.29) is 10.6 Å². The largest absolute Gasteiger partial charge is 0.478 e. The van der Waals surface area contributed by atoms with E-state index in [2.05, 4.69) is 0 Å². The molecule has 0 saturated heterocycles. The summed E-state index contributed by atoms with van der Waals surface area (Å²) in [6.45, 7) is 0. The Labute approximate surface area is 84.7 Å². The Hall–Kier alpha value is -1.11. The van der Waals surface area contributed by atoms with E-state index in [1.165, 1.54) is 0 Å². The molecule has 2 N–H and O–H groups in total. The highest BCUT2D eigenvalue weighted by Crippen LogP contribution is 2.22. The number of hydrogen-bond donors (Lipinski definition) is 2. The number of hydrogen-bond acceptors (Lipinski definition) is 3. The zero-order chi connectivity index (χ0) is 10.9. The van der Waals surface area contributed by atoms with Crippen LogP contribution >= 0.6 is 11.6 Å². The predicted octanol–water partition coefficient (Wildman–Crippen LogP) is 1.28. The zero-order valence-electron chi connectivity index (χ0n) is 6.64. The molecule has 0 fully saturated rings. The second-order valence-electron chi connectivity index (χ2n) is 2.43. The van der Waals surface area contributed by atoms with Crippen molar-refractivity contribution in [1.29, 1.82) is 0 Å². The van der Waals surface area contributed by atoms with Crippen molar-refractivity contribution in [3.05, 3.63) is 28.8 Å². The van der Waals surface area contributed by atoms with Crippen molar-refractivity contribution in [3.63, 3.8) is 0 Å². The van der Waals surface area contributed by atoms with Crippen molar-refractivity contribution in [2.45, 2.75) is 4.90 Å². The highest BCUT2D eigenvalue weighted by Gasteiger charge is 2.15. The molecule has 0 aromatic heterocycles. The van der Waals surface area contributed by atoms with Gasteiger partial charge in [0.1, 0.15) is 4.90 Å². The van der Waals surface area contributed by atoms with Crippen molar-refractivity contribution in [3.8, 4) is 0 Å². The lowest BCUT2D eigenvalue weighted by Gasteiger charge is -2.01. The molecule has 0 amide bonds. The minimum absolute atomic E-state index is 0.151. The third-order valence-corrected chi connectivity index (χ3v) is 2.79. The van der Waals surface area contributed by atoms with Crippen LogP contribution in [0.2, 0.25) is 5.02 Å². The number of aromatic carboxylic acids is 1. The molecule has 0 aliphatic heterocycles. The van der Waals surface area contributed by atoms with Crippen LogP contribution in [0.4, 0.5) is 0 Å². The maximum absolute atomic E-state index is 10.7. The van der Waals surface area contributed by atoms with Gasteiger partial charge in [0.2, 0.25) is 0 Å². The maximum Gasteiger partial charge on any atom is 0.335 e. The average Bonchev–Trinajstić information content (AvgIpc) is 2.01. The fraction of sp³-hybridized carbons (Fsp3) is 0. The van der Waals surface area contributed by atoms with Gasteiger partial charge < -0.3 is 5.11 Å². The zero-order valence-corrected chi connectivity index (χ0v) is 8.21. The fourth-order valence-corrected chi connectivity index (χ4v) is 1.86. The van der Waals surface area contributed by atoms with Gasteiger partial charge in [-0.1, -0.05) is 11.6 Å². The Kier molecular flexibility index (Phi) is 2.79. The van der Waals surface area contributed by atoms with E-state index in [0.717, 1.165) is 18.2 Å². The molecule has 0 aliphatic carbocycles. The lowest BCUT2D eigenvalue weighted by atomic mass is 10.2. The van der Waals surface area contributed by atoms with Crippen LogP contribution in [0.1, 0.15) is 10.4 Å². The molecule has 0 spiro atoms. The first-order valence-electron chi connectivity index (χ1n) is 3.32. The maximum atomic E-state index is 10.7. The van der Waals surface area contributed by atoms with Gasteiger partial charge in [-0.05, 0) is 18.2 Å². The van der Waals surface area contributed by atoms with Crippen LogP contribution in [0, 0.1) is 0 Å². The summed E-state index contributed by atoms with van der Waals surface area (Å²) < 4.78 is 30.0. The lowest BCUT2D eigenvalue weighted by molar-refractivity contribution is 0.0696. The molecule has 1 aromatic rings. The molecular weight excluding hydrogens is 232 g/mol. The van der Waals surface area contributed by atoms with Crippen molar-refractivity contribution < 1.29 is 22.9 Å². The summed E-state index contributed by atoms with van der Waals surface area (Å²) in [7, 11) is -4.40. The van der Waals surface area contributed by atoms with Crippen LogP contribution in [0.15, 0.2) is 23.1 Å². The van der Waals surface area contributed by atoms with Crippen LogP contribution in [-0.2, 0) is 10.1 Å². The van der Waals surface area contributed by atoms with E-state index in [9.17, 15) is 13.2 Å². The first-order chi connectivity index (χ1) is 6.32. The third-order valence-electron chi connectivity index (χ3n) is 1.46. The van der Waals surface area contributed by atoms with E-state index in [1.807, 2.05) is 0 Å². The van der Waals surface area contributed by atoms with Crippen LogP contribution in [-0.4, -0.2) is 24.0 Å². The van der Waals surface area contributed by atoms with Gasteiger partial charge in [0.05, 0.1) is 10.6 Å². The van der Waals surface area contributed by atoms with Crippen molar-refractivity contribution in [1.82, 2.24) is 0 Å². The molecule has 1 rings (SSSR count). The number of halogens is 1. The second-order valence-corrected chi connectivity index (χ2v) is 4.22. The first-order valence-corrected chi connectivity index (χ1v) is 5.14. The highest BCUT2D eigenvalue weighted by atomic mass is 35.5. The SMILES string of the molecule is O=C(O)c1ccc(S(=O)(=O)O)c(Cl)c1. The van der Waals surface area contributed by atoms with Crippen molar-refractivity contribution in [2.75, 3.05) is 0 Å². The standard InChI is InChI=1S/C7H5ClO5S/c8-5-3-4(7(9)10)1-2-6(5)14(11,12)13/h1-3H,(H,9,10)(H,11,12,13). The summed E-state index contributed by atoms with van der Waals surface area (Å²) in [5.74, 6) is -1.23. The van der Waals surface area contributed by atoms with Gasteiger partial charge in [0, 0.05) is 0 Å². The van der Waals surface area contributed by atoms with Gasteiger partial charge in [-0.2, -0.15) is 8.42 Å². The molecule has 0 saturated carbocycles. The van der Waals surface area contributed by atoms with E-state index in [0.29, 0.717) is 0 Å². The fourth-order valence-electron chi connectivity index (χ4n) is 0.843. The Morgan fingerprint density at radius 1 is 1.36 bits per heavy atom. The normalized spacial score (nSPS) is 11.3. The molecule has 76 valence electrons. The molecule has 5 nitrogen and oxygen atoms in total.